The largest absolute Gasteiger partial charge is 0.310 e. The number of rotatable bonds is 5. The van der Waals surface area contributed by atoms with E-state index in [4.69, 9.17) is 0 Å². The summed E-state index contributed by atoms with van der Waals surface area (Å²) in [5, 5.41) is 7.33. The Morgan fingerprint density at radius 1 is 1.29 bits per heavy atom. The highest BCUT2D eigenvalue weighted by Crippen LogP contribution is 2.31. The average molecular weight is 422 g/mol. The van der Waals surface area contributed by atoms with E-state index in [9.17, 15) is 13.2 Å². The van der Waals surface area contributed by atoms with Gasteiger partial charge in [-0.15, -0.1) is 11.8 Å². The third-order valence-corrected chi connectivity index (χ3v) is 7.60. The number of carbonyl (C=O) groups excluding carboxylic acids is 1. The Kier molecular flexibility index (Phi) is 5.91. The van der Waals surface area contributed by atoms with Gasteiger partial charge in [0.25, 0.3) is 0 Å². The molecule has 1 fully saturated rings. The highest BCUT2D eigenvalue weighted by Gasteiger charge is 2.33. The van der Waals surface area contributed by atoms with Gasteiger partial charge in [0.15, 0.2) is 9.84 Å². The van der Waals surface area contributed by atoms with Crippen LogP contribution in [0.4, 0.5) is 5.82 Å². The first-order chi connectivity index (χ1) is 13.0. The van der Waals surface area contributed by atoms with Crippen molar-refractivity contribution < 1.29 is 13.2 Å². The van der Waals surface area contributed by atoms with E-state index in [1.165, 1.54) is 11.8 Å². The summed E-state index contributed by atoms with van der Waals surface area (Å²) in [5.41, 5.74) is 0.627. The third-order valence-electron chi connectivity index (χ3n) is 4.73. The fourth-order valence-electron chi connectivity index (χ4n) is 3.09. The number of hydrogen-bond acceptors (Lipinski definition) is 5. The molecule has 8 heteroatoms. The van der Waals surface area contributed by atoms with Crippen molar-refractivity contribution in [2.75, 3.05) is 16.8 Å². The van der Waals surface area contributed by atoms with Crippen LogP contribution in [0, 0.1) is 0 Å². The summed E-state index contributed by atoms with van der Waals surface area (Å²) in [6.07, 6.45) is 0.519. The second kappa shape index (κ2) is 7.91. The molecule has 0 bridgehead atoms. The van der Waals surface area contributed by atoms with Gasteiger partial charge in [0.1, 0.15) is 5.82 Å². The van der Waals surface area contributed by atoms with Gasteiger partial charge in [0, 0.05) is 16.4 Å². The number of aromatic nitrogens is 2. The first-order valence-corrected chi connectivity index (χ1v) is 12.1. The van der Waals surface area contributed by atoms with E-state index >= 15 is 0 Å². The van der Waals surface area contributed by atoms with Gasteiger partial charge in [-0.3, -0.25) is 4.79 Å². The monoisotopic (exact) mass is 421 g/mol. The lowest BCUT2D eigenvalue weighted by molar-refractivity contribution is -0.115. The number of benzene rings is 1. The zero-order chi connectivity index (χ0) is 20.5. The summed E-state index contributed by atoms with van der Waals surface area (Å²) in [4.78, 5) is 13.8. The standard InChI is InChI=1S/C20H27N3O3S2/c1-14(27-16-8-6-5-7-9-16)19(24)21-18-12-17(20(2,3)4)22-23(18)15-10-11-28(25,26)13-15/h5-9,12,14-15H,10-11,13H2,1-4H3,(H,21,24)/t14-,15+/m1/s1. The predicted octanol–water partition coefficient (Wildman–Crippen LogP) is 3.66. The van der Waals surface area contributed by atoms with Crippen LogP contribution in [-0.2, 0) is 20.0 Å². The molecule has 1 N–H and O–H groups in total. The number of nitrogens with one attached hydrogen (secondary N) is 1. The van der Waals surface area contributed by atoms with Crippen molar-refractivity contribution in [1.29, 1.82) is 0 Å². The quantitative estimate of drug-likeness (QED) is 0.745. The van der Waals surface area contributed by atoms with Crippen LogP contribution in [-0.4, -0.2) is 40.9 Å². The average Bonchev–Trinajstić information content (AvgIpc) is 3.18. The van der Waals surface area contributed by atoms with Gasteiger partial charge in [-0.25, -0.2) is 13.1 Å². The van der Waals surface area contributed by atoms with Crippen LogP contribution in [0.5, 0.6) is 0 Å². The molecule has 1 aromatic carbocycles. The maximum absolute atomic E-state index is 12.8. The van der Waals surface area contributed by atoms with Crippen molar-refractivity contribution in [3.63, 3.8) is 0 Å². The van der Waals surface area contributed by atoms with Crippen LogP contribution in [0.2, 0.25) is 0 Å². The normalized spacial score (nSPS) is 20.1. The van der Waals surface area contributed by atoms with Crippen molar-refractivity contribution in [1.82, 2.24) is 9.78 Å². The molecule has 1 saturated heterocycles. The number of sulfone groups is 1. The lowest BCUT2D eigenvalue weighted by Gasteiger charge is -2.16. The maximum atomic E-state index is 12.8. The summed E-state index contributed by atoms with van der Waals surface area (Å²) in [5.74, 6) is 0.666. The zero-order valence-electron chi connectivity index (χ0n) is 16.7. The molecule has 1 amide bonds. The molecular weight excluding hydrogens is 394 g/mol. The number of amides is 1. The molecule has 1 aromatic heterocycles. The van der Waals surface area contributed by atoms with Crippen LogP contribution in [0.15, 0.2) is 41.3 Å². The number of anilines is 1. The molecule has 2 aromatic rings. The summed E-state index contributed by atoms with van der Waals surface area (Å²) in [6.45, 7) is 8.00. The van der Waals surface area contributed by atoms with Crippen LogP contribution in [0.25, 0.3) is 0 Å². The highest BCUT2D eigenvalue weighted by molar-refractivity contribution is 8.00. The topological polar surface area (TPSA) is 81.1 Å². The minimum Gasteiger partial charge on any atom is -0.310 e. The fourth-order valence-corrected chi connectivity index (χ4v) is 5.67. The molecule has 0 aliphatic carbocycles. The molecule has 152 valence electrons. The van der Waals surface area contributed by atoms with E-state index in [1.807, 2.05) is 64.1 Å². The van der Waals surface area contributed by atoms with Crippen molar-refractivity contribution in [3.05, 3.63) is 42.1 Å². The van der Waals surface area contributed by atoms with Gasteiger partial charge in [-0.2, -0.15) is 5.10 Å². The molecule has 3 rings (SSSR count). The number of nitrogens with zero attached hydrogens (tertiary/aromatic N) is 2. The summed E-state index contributed by atoms with van der Waals surface area (Å²) in [7, 11) is -3.05. The molecule has 2 heterocycles. The van der Waals surface area contributed by atoms with Crippen LogP contribution >= 0.6 is 11.8 Å². The Bertz CT molecular complexity index is 947. The van der Waals surface area contributed by atoms with Crippen LogP contribution in [0.3, 0.4) is 0 Å². The van der Waals surface area contributed by atoms with E-state index in [-0.39, 0.29) is 34.1 Å². The van der Waals surface area contributed by atoms with Crippen LogP contribution < -0.4 is 5.32 Å². The van der Waals surface area contributed by atoms with Crippen molar-refractivity contribution in [2.45, 2.75) is 55.7 Å². The third kappa shape index (κ3) is 4.97. The minimum absolute atomic E-state index is 0.0649. The lowest BCUT2D eigenvalue weighted by Crippen LogP contribution is -2.25. The Balaban J connectivity index is 1.81. The Labute approximate surface area is 171 Å². The zero-order valence-corrected chi connectivity index (χ0v) is 18.3. The van der Waals surface area contributed by atoms with E-state index in [2.05, 4.69) is 10.4 Å². The van der Waals surface area contributed by atoms with Gasteiger partial charge >= 0.3 is 0 Å². The molecule has 0 saturated carbocycles. The van der Waals surface area contributed by atoms with Crippen molar-refractivity contribution in [2.24, 2.45) is 0 Å². The summed E-state index contributed by atoms with van der Waals surface area (Å²) >= 11 is 1.48. The summed E-state index contributed by atoms with van der Waals surface area (Å²) in [6, 6.07) is 11.4. The second-order valence-electron chi connectivity index (χ2n) is 8.23. The van der Waals surface area contributed by atoms with Gasteiger partial charge < -0.3 is 5.32 Å². The fraction of sp³-hybridized carbons (Fsp3) is 0.500. The molecule has 0 radical (unpaired) electrons. The van der Waals surface area contributed by atoms with Gasteiger partial charge in [0.05, 0.1) is 28.5 Å². The molecule has 6 nitrogen and oxygen atoms in total. The second-order valence-corrected chi connectivity index (χ2v) is 11.9. The van der Waals surface area contributed by atoms with E-state index in [1.54, 1.807) is 4.68 Å². The van der Waals surface area contributed by atoms with Crippen LogP contribution in [0.1, 0.15) is 45.9 Å². The molecule has 0 unspecified atom stereocenters. The smallest absolute Gasteiger partial charge is 0.238 e. The minimum atomic E-state index is -3.05. The van der Waals surface area contributed by atoms with Crippen molar-refractivity contribution in [3.8, 4) is 0 Å². The highest BCUT2D eigenvalue weighted by atomic mass is 32.2. The Morgan fingerprint density at radius 3 is 2.54 bits per heavy atom. The lowest BCUT2D eigenvalue weighted by atomic mass is 9.92. The SMILES string of the molecule is C[C@@H](Sc1ccccc1)C(=O)Nc1cc(C(C)(C)C)nn1[C@H]1CCS(=O)(=O)C1. The van der Waals surface area contributed by atoms with E-state index in [0.29, 0.717) is 12.2 Å². The molecule has 1 aliphatic heterocycles. The van der Waals surface area contributed by atoms with Crippen molar-refractivity contribution >= 4 is 33.3 Å². The molecule has 1 aliphatic rings. The number of thioether (sulfide) groups is 1. The maximum Gasteiger partial charge on any atom is 0.238 e. The van der Waals surface area contributed by atoms with Gasteiger partial charge in [0.2, 0.25) is 5.91 Å². The first-order valence-electron chi connectivity index (χ1n) is 9.38. The molecular formula is C20H27N3O3S2. The first kappa shape index (κ1) is 20.9. The molecule has 2 atom stereocenters. The number of hydrogen-bond donors (Lipinski definition) is 1. The van der Waals surface area contributed by atoms with Gasteiger partial charge in [-0.1, -0.05) is 39.0 Å². The molecule has 0 spiro atoms. The number of carbonyl (C=O) groups is 1. The Hall–Kier alpha value is -1.80. The van der Waals surface area contributed by atoms with Gasteiger partial charge in [-0.05, 0) is 25.5 Å². The van der Waals surface area contributed by atoms with E-state index < -0.39 is 9.84 Å². The summed E-state index contributed by atoms with van der Waals surface area (Å²) < 4.78 is 25.6. The predicted molar refractivity (Wildman–Crippen MR) is 114 cm³/mol. The van der Waals surface area contributed by atoms with E-state index in [0.717, 1.165) is 10.6 Å². The Morgan fingerprint density at radius 2 is 1.96 bits per heavy atom. The molecule has 28 heavy (non-hydrogen) atoms.